The third-order valence-corrected chi connectivity index (χ3v) is 11.0. The fraction of sp³-hybridized carbons (Fsp3) is 0. The van der Waals surface area contributed by atoms with Crippen molar-refractivity contribution in [1.82, 2.24) is 15.0 Å². The summed E-state index contributed by atoms with van der Waals surface area (Å²) in [6.07, 6.45) is 0. The van der Waals surface area contributed by atoms with Gasteiger partial charge in [0.05, 0.1) is 0 Å². The predicted molar refractivity (Wildman–Crippen MR) is 229 cm³/mol. The molecule has 57 heavy (non-hydrogen) atoms. The van der Waals surface area contributed by atoms with Gasteiger partial charge in [0, 0.05) is 60.1 Å². The number of nitrogens with zero attached hydrogens (tertiary/aromatic N) is 3. The summed E-state index contributed by atoms with van der Waals surface area (Å²) in [4.78, 5) is 15.5. The second-order valence-corrected chi connectivity index (χ2v) is 14.2. The van der Waals surface area contributed by atoms with Crippen molar-refractivity contribution in [3.63, 3.8) is 0 Å². The number of aromatic nitrogens is 3. The predicted octanol–water partition coefficient (Wildman–Crippen LogP) is 13.9. The van der Waals surface area contributed by atoms with Gasteiger partial charge in [-0.3, -0.25) is 0 Å². The maximum absolute atomic E-state index is 6.86. The number of fused-ring (bicyclic) bond motifs is 9. The molecule has 12 aromatic rings. The number of benzene rings is 8. The number of furan rings is 3. The van der Waals surface area contributed by atoms with E-state index in [1.165, 1.54) is 0 Å². The van der Waals surface area contributed by atoms with E-state index in [4.69, 9.17) is 28.2 Å². The van der Waals surface area contributed by atoms with Crippen LogP contribution in [0.3, 0.4) is 0 Å². The highest BCUT2D eigenvalue weighted by Crippen LogP contribution is 2.46. The van der Waals surface area contributed by atoms with Crippen molar-refractivity contribution in [2.45, 2.75) is 0 Å². The Balaban J connectivity index is 1.10. The van der Waals surface area contributed by atoms with Crippen molar-refractivity contribution in [3.05, 3.63) is 176 Å². The van der Waals surface area contributed by atoms with Crippen LogP contribution in [0.25, 0.3) is 122 Å². The van der Waals surface area contributed by atoms with Gasteiger partial charge in [0.25, 0.3) is 0 Å². The second-order valence-electron chi connectivity index (χ2n) is 14.2. The van der Waals surface area contributed by atoms with Gasteiger partial charge >= 0.3 is 0 Å². The molecule has 0 unspecified atom stereocenters. The van der Waals surface area contributed by atoms with E-state index < -0.39 is 0 Å². The van der Waals surface area contributed by atoms with E-state index in [1.54, 1.807) is 0 Å². The highest BCUT2D eigenvalue weighted by Gasteiger charge is 2.23. The molecule has 0 aliphatic carbocycles. The molecule has 4 heterocycles. The van der Waals surface area contributed by atoms with Crippen LogP contribution in [0.1, 0.15) is 0 Å². The zero-order valence-electron chi connectivity index (χ0n) is 30.3. The molecule has 8 aromatic carbocycles. The molecule has 0 aliphatic heterocycles. The molecule has 0 saturated carbocycles. The Morgan fingerprint density at radius 2 is 0.737 bits per heavy atom. The lowest BCUT2D eigenvalue weighted by molar-refractivity contribution is 0.668. The Labute approximate surface area is 325 Å². The van der Waals surface area contributed by atoms with Crippen molar-refractivity contribution < 1.29 is 13.3 Å². The highest BCUT2D eigenvalue weighted by atomic mass is 16.3. The molecular formula is C51H29N3O3. The zero-order valence-corrected chi connectivity index (χ0v) is 30.3. The number of hydrogen-bond donors (Lipinski definition) is 0. The molecule has 266 valence electrons. The Hall–Kier alpha value is -7.83. The van der Waals surface area contributed by atoms with E-state index in [-0.39, 0.29) is 0 Å². The Kier molecular flexibility index (Phi) is 6.83. The van der Waals surface area contributed by atoms with Gasteiger partial charge in [-0.25, -0.2) is 15.0 Å². The summed E-state index contributed by atoms with van der Waals surface area (Å²) in [5.74, 6) is 1.70. The standard InChI is InChI=1S/C51H29N3O3/c1-3-14-30(15-4-1)32-28-29-33(46-36-19-8-10-25-41(36)56-48(32)46)34-20-11-21-37-45-39(23-13-27-43(45)57-47(34)37)51-53-49(31-16-5-2-6-17-31)52-50(54-51)38-22-12-26-42-44(38)35-18-7-9-24-40(35)55-42/h1-29H. The Bertz CT molecular complexity index is 3530. The molecule has 6 heteroatoms. The first-order valence-electron chi connectivity index (χ1n) is 18.9. The average molecular weight is 732 g/mol. The van der Waals surface area contributed by atoms with Gasteiger partial charge in [0.15, 0.2) is 17.5 Å². The van der Waals surface area contributed by atoms with Crippen LogP contribution in [0.5, 0.6) is 0 Å². The number of para-hydroxylation sites is 3. The molecule has 0 amide bonds. The van der Waals surface area contributed by atoms with Crippen molar-refractivity contribution in [3.8, 4) is 56.4 Å². The number of hydrogen-bond acceptors (Lipinski definition) is 6. The van der Waals surface area contributed by atoms with Gasteiger partial charge in [-0.2, -0.15) is 0 Å². The topological polar surface area (TPSA) is 78.1 Å². The largest absolute Gasteiger partial charge is 0.456 e. The first kappa shape index (κ1) is 31.5. The molecule has 0 spiro atoms. The third kappa shape index (κ3) is 4.87. The molecule has 0 saturated heterocycles. The van der Waals surface area contributed by atoms with Crippen LogP contribution in [0.2, 0.25) is 0 Å². The van der Waals surface area contributed by atoms with E-state index >= 15 is 0 Å². The molecule has 12 rings (SSSR count). The van der Waals surface area contributed by atoms with Crippen molar-refractivity contribution in [2.24, 2.45) is 0 Å². The first-order valence-corrected chi connectivity index (χ1v) is 18.9. The van der Waals surface area contributed by atoms with Crippen LogP contribution in [0.15, 0.2) is 189 Å². The van der Waals surface area contributed by atoms with Gasteiger partial charge < -0.3 is 13.3 Å². The normalized spacial score (nSPS) is 11.9. The van der Waals surface area contributed by atoms with Crippen molar-refractivity contribution >= 4 is 65.8 Å². The van der Waals surface area contributed by atoms with Gasteiger partial charge in [0.2, 0.25) is 0 Å². The molecule has 6 nitrogen and oxygen atoms in total. The van der Waals surface area contributed by atoms with E-state index in [9.17, 15) is 0 Å². The lowest BCUT2D eigenvalue weighted by Crippen LogP contribution is -2.00. The van der Waals surface area contributed by atoms with Crippen LogP contribution in [-0.2, 0) is 0 Å². The summed E-state index contributed by atoms with van der Waals surface area (Å²) < 4.78 is 19.8. The number of rotatable bonds is 5. The monoisotopic (exact) mass is 731 g/mol. The van der Waals surface area contributed by atoms with Gasteiger partial charge in [0.1, 0.15) is 33.5 Å². The smallest absolute Gasteiger partial charge is 0.164 e. The summed E-state index contributed by atoms with van der Waals surface area (Å²) in [5.41, 5.74) is 11.6. The minimum absolute atomic E-state index is 0.554. The quantitative estimate of drug-likeness (QED) is 0.175. The van der Waals surface area contributed by atoms with E-state index in [2.05, 4.69) is 84.9 Å². The summed E-state index contributed by atoms with van der Waals surface area (Å²) in [7, 11) is 0. The molecule has 0 aliphatic rings. The van der Waals surface area contributed by atoms with Crippen LogP contribution >= 0.6 is 0 Å². The van der Waals surface area contributed by atoms with Crippen LogP contribution < -0.4 is 0 Å². The first-order chi connectivity index (χ1) is 28.3. The van der Waals surface area contributed by atoms with E-state index in [0.717, 1.165) is 105 Å². The lowest BCUT2D eigenvalue weighted by Gasteiger charge is -2.10. The molecule has 0 bridgehead atoms. The van der Waals surface area contributed by atoms with Crippen LogP contribution in [-0.4, -0.2) is 15.0 Å². The summed E-state index contributed by atoms with van der Waals surface area (Å²) in [6.45, 7) is 0. The fourth-order valence-corrected chi connectivity index (χ4v) is 8.44. The van der Waals surface area contributed by atoms with Gasteiger partial charge in [-0.15, -0.1) is 0 Å². The SMILES string of the molecule is c1ccc(-c2nc(-c3cccc4oc5ccccc5c34)nc(-c3cccc4oc5c(-c6ccc(-c7ccccc7)c7oc8ccccc8c67)cccc5c34)n2)cc1. The van der Waals surface area contributed by atoms with Gasteiger partial charge in [-0.1, -0.05) is 146 Å². The summed E-state index contributed by atoms with van der Waals surface area (Å²) >= 11 is 0. The maximum Gasteiger partial charge on any atom is 0.164 e. The highest BCUT2D eigenvalue weighted by molar-refractivity contribution is 6.21. The molecule has 0 radical (unpaired) electrons. The van der Waals surface area contributed by atoms with Crippen molar-refractivity contribution in [1.29, 1.82) is 0 Å². The zero-order chi connectivity index (χ0) is 37.5. The minimum atomic E-state index is 0.554. The van der Waals surface area contributed by atoms with Crippen LogP contribution in [0.4, 0.5) is 0 Å². The summed E-state index contributed by atoms with van der Waals surface area (Å²) in [6, 6.07) is 59.6. The van der Waals surface area contributed by atoms with Crippen LogP contribution in [0, 0.1) is 0 Å². The second kappa shape index (κ2) is 12.3. The Morgan fingerprint density at radius 3 is 1.46 bits per heavy atom. The molecule has 0 N–H and O–H groups in total. The van der Waals surface area contributed by atoms with E-state index in [0.29, 0.717) is 17.5 Å². The van der Waals surface area contributed by atoms with E-state index in [1.807, 2.05) is 91.0 Å². The Morgan fingerprint density at radius 1 is 0.263 bits per heavy atom. The van der Waals surface area contributed by atoms with Gasteiger partial charge in [-0.05, 0) is 41.5 Å². The third-order valence-electron chi connectivity index (χ3n) is 11.0. The molecule has 0 atom stereocenters. The molecule has 0 fully saturated rings. The lowest BCUT2D eigenvalue weighted by atomic mass is 9.93. The molecular weight excluding hydrogens is 703 g/mol. The average Bonchev–Trinajstić information content (AvgIpc) is 3.98. The molecule has 4 aromatic heterocycles. The summed E-state index contributed by atoms with van der Waals surface area (Å²) in [5, 5.41) is 6.00. The maximum atomic E-state index is 6.86. The van der Waals surface area contributed by atoms with Crippen molar-refractivity contribution in [2.75, 3.05) is 0 Å². The minimum Gasteiger partial charge on any atom is -0.456 e. The fourth-order valence-electron chi connectivity index (χ4n) is 8.44.